The number of imidazole rings is 1. The molecule has 0 aliphatic heterocycles. The maximum Gasteiger partial charge on any atom is 0.315 e. The normalized spacial score (nSPS) is 11.8. The number of hydrogen-bond acceptors (Lipinski definition) is 4. The van der Waals surface area contributed by atoms with E-state index in [1.165, 1.54) is 24.3 Å². The Hall–Kier alpha value is -3.26. The molecule has 8 heteroatoms. The van der Waals surface area contributed by atoms with Crippen LogP contribution >= 0.6 is 0 Å². The largest absolute Gasteiger partial charge is 0.387 e. The lowest BCUT2D eigenvalue weighted by molar-refractivity contribution is 0.173. The van der Waals surface area contributed by atoms with Crippen LogP contribution in [0.5, 0.6) is 0 Å². The maximum absolute atomic E-state index is 12.9. The van der Waals surface area contributed by atoms with Crippen molar-refractivity contribution in [3.8, 4) is 5.82 Å². The van der Waals surface area contributed by atoms with Crippen molar-refractivity contribution in [3.63, 3.8) is 0 Å². The molecule has 7 nitrogen and oxygen atoms in total. The average Bonchev–Trinajstić information content (AvgIpc) is 3.11. The first-order chi connectivity index (χ1) is 13.0. The minimum Gasteiger partial charge on any atom is -0.387 e. The van der Waals surface area contributed by atoms with Crippen LogP contribution in [0.1, 0.15) is 23.1 Å². The quantitative estimate of drug-likeness (QED) is 0.621. The number of nitrogens with zero attached hydrogens (tertiary/aromatic N) is 3. The van der Waals surface area contributed by atoms with Gasteiger partial charge in [0, 0.05) is 31.7 Å². The number of amides is 2. The molecule has 3 N–H and O–H groups in total. The van der Waals surface area contributed by atoms with Crippen LogP contribution in [0.2, 0.25) is 0 Å². The highest BCUT2D eigenvalue weighted by molar-refractivity contribution is 5.73. The zero-order chi connectivity index (χ0) is 19.2. The van der Waals surface area contributed by atoms with E-state index in [0.717, 1.165) is 17.2 Å². The van der Waals surface area contributed by atoms with Crippen molar-refractivity contribution < 1.29 is 14.3 Å². The molecule has 140 valence electrons. The van der Waals surface area contributed by atoms with Crippen molar-refractivity contribution >= 4 is 6.03 Å². The number of rotatable bonds is 6. The van der Waals surface area contributed by atoms with Gasteiger partial charge in [-0.1, -0.05) is 12.1 Å². The van der Waals surface area contributed by atoms with E-state index in [4.69, 9.17) is 0 Å². The van der Waals surface area contributed by atoms with Gasteiger partial charge in [-0.3, -0.25) is 4.57 Å². The molecule has 2 heterocycles. The van der Waals surface area contributed by atoms with Crippen LogP contribution in [0.15, 0.2) is 55.0 Å². The third kappa shape index (κ3) is 4.89. The first-order valence-electron chi connectivity index (χ1n) is 8.43. The van der Waals surface area contributed by atoms with Gasteiger partial charge in [0.05, 0.1) is 6.10 Å². The number of aliphatic hydroxyl groups excluding tert-OH is 1. The zero-order valence-electron chi connectivity index (χ0n) is 14.8. The number of pyridine rings is 1. The molecule has 0 bridgehead atoms. The van der Waals surface area contributed by atoms with Crippen LogP contribution in [0.25, 0.3) is 5.82 Å². The molecule has 0 saturated carbocycles. The number of nitrogens with one attached hydrogen (secondary N) is 2. The van der Waals surface area contributed by atoms with Crippen LogP contribution in [0, 0.1) is 12.7 Å². The van der Waals surface area contributed by atoms with Gasteiger partial charge in [0.2, 0.25) is 0 Å². The van der Waals surface area contributed by atoms with Crippen molar-refractivity contribution in [2.24, 2.45) is 0 Å². The molecule has 1 atom stereocenters. The number of carbonyl (C=O) groups excluding carboxylic acids is 1. The van der Waals surface area contributed by atoms with Crippen molar-refractivity contribution in [1.29, 1.82) is 0 Å². The molecule has 0 saturated heterocycles. The number of aryl methyl sites for hydroxylation is 1. The number of aliphatic hydroxyl groups is 1. The summed E-state index contributed by atoms with van der Waals surface area (Å²) in [6.07, 6.45) is 4.27. The summed E-state index contributed by atoms with van der Waals surface area (Å²) >= 11 is 0. The summed E-state index contributed by atoms with van der Waals surface area (Å²) in [5, 5.41) is 15.4. The Kier molecular flexibility index (Phi) is 5.77. The molecule has 1 unspecified atom stereocenters. The molecule has 0 spiro atoms. The van der Waals surface area contributed by atoms with Gasteiger partial charge in [0.1, 0.15) is 17.5 Å². The third-order valence-electron chi connectivity index (χ3n) is 4.05. The molecular weight excluding hydrogens is 349 g/mol. The van der Waals surface area contributed by atoms with Crippen molar-refractivity contribution in [2.45, 2.75) is 19.6 Å². The van der Waals surface area contributed by atoms with Crippen LogP contribution in [0.3, 0.4) is 0 Å². The Morgan fingerprint density at radius 1 is 1.19 bits per heavy atom. The van der Waals surface area contributed by atoms with E-state index >= 15 is 0 Å². The molecule has 2 amide bonds. The van der Waals surface area contributed by atoms with E-state index in [-0.39, 0.29) is 12.4 Å². The average molecular weight is 369 g/mol. The van der Waals surface area contributed by atoms with Crippen LogP contribution in [-0.4, -0.2) is 32.2 Å². The molecule has 1 aromatic carbocycles. The third-order valence-corrected chi connectivity index (χ3v) is 4.05. The van der Waals surface area contributed by atoms with Crippen molar-refractivity contribution in [3.05, 3.63) is 77.8 Å². The lowest BCUT2D eigenvalue weighted by Crippen LogP contribution is -2.37. The summed E-state index contributed by atoms with van der Waals surface area (Å²) < 4.78 is 14.7. The zero-order valence-corrected chi connectivity index (χ0v) is 14.8. The number of hydrogen-bond donors (Lipinski definition) is 3. The molecule has 0 fully saturated rings. The standard InChI is InChI=1S/C19H20FN5O2/c1-13-21-8-9-25(13)18-10-14(6-7-22-18)11-23-19(27)24-12-17(26)15-2-4-16(20)5-3-15/h2-10,17,26H,11-12H2,1H3,(H2,23,24,27). The van der Waals surface area contributed by atoms with Gasteiger partial charge in [-0.25, -0.2) is 19.2 Å². The highest BCUT2D eigenvalue weighted by Gasteiger charge is 2.10. The second kappa shape index (κ2) is 8.41. The van der Waals surface area contributed by atoms with Gasteiger partial charge in [-0.15, -0.1) is 0 Å². The van der Waals surface area contributed by atoms with Gasteiger partial charge in [-0.2, -0.15) is 0 Å². The predicted octanol–water partition coefficient (Wildman–Crippen LogP) is 2.25. The lowest BCUT2D eigenvalue weighted by atomic mass is 10.1. The first kappa shape index (κ1) is 18.5. The predicted molar refractivity (Wildman–Crippen MR) is 97.7 cm³/mol. The van der Waals surface area contributed by atoms with Gasteiger partial charge < -0.3 is 15.7 Å². The minimum atomic E-state index is -0.909. The molecule has 0 radical (unpaired) electrons. The summed E-state index contributed by atoms with van der Waals surface area (Å²) in [7, 11) is 0. The Bertz CT molecular complexity index is 910. The lowest BCUT2D eigenvalue weighted by Gasteiger charge is -2.13. The molecule has 3 aromatic rings. The van der Waals surface area contributed by atoms with Crippen LogP contribution in [0.4, 0.5) is 9.18 Å². The summed E-state index contributed by atoms with van der Waals surface area (Å²) in [6, 6.07) is 8.76. The molecule has 2 aromatic heterocycles. The SMILES string of the molecule is Cc1nccn1-c1cc(CNC(=O)NCC(O)c2ccc(F)cc2)ccn1. The fourth-order valence-electron chi connectivity index (χ4n) is 2.56. The van der Waals surface area contributed by atoms with E-state index in [0.29, 0.717) is 12.1 Å². The Balaban J connectivity index is 1.50. The van der Waals surface area contributed by atoms with Crippen molar-refractivity contribution in [1.82, 2.24) is 25.2 Å². The highest BCUT2D eigenvalue weighted by Crippen LogP contribution is 2.12. The Labute approximate surface area is 155 Å². The fourth-order valence-corrected chi connectivity index (χ4v) is 2.56. The highest BCUT2D eigenvalue weighted by atomic mass is 19.1. The van der Waals surface area contributed by atoms with Gasteiger partial charge in [0.15, 0.2) is 0 Å². The summed E-state index contributed by atoms with van der Waals surface area (Å²) in [4.78, 5) is 20.4. The second-order valence-corrected chi connectivity index (χ2v) is 6.00. The topological polar surface area (TPSA) is 92.1 Å². The summed E-state index contributed by atoms with van der Waals surface area (Å²) in [5.74, 6) is 1.16. The maximum atomic E-state index is 12.9. The molecule has 0 aliphatic carbocycles. The number of benzene rings is 1. The first-order valence-corrected chi connectivity index (χ1v) is 8.43. The van der Waals surface area contributed by atoms with E-state index in [1.807, 2.05) is 29.8 Å². The van der Waals surface area contributed by atoms with Crippen LogP contribution in [-0.2, 0) is 6.54 Å². The summed E-state index contributed by atoms with van der Waals surface area (Å²) in [6.45, 7) is 2.21. The minimum absolute atomic E-state index is 0.0211. The van der Waals surface area contributed by atoms with Crippen molar-refractivity contribution in [2.75, 3.05) is 6.54 Å². The number of halogens is 1. The van der Waals surface area contributed by atoms with E-state index in [2.05, 4.69) is 20.6 Å². The van der Waals surface area contributed by atoms with Gasteiger partial charge >= 0.3 is 6.03 Å². The van der Waals surface area contributed by atoms with E-state index in [1.54, 1.807) is 12.4 Å². The smallest absolute Gasteiger partial charge is 0.315 e. The molecule has 3 rings (SSSR count). The molecule has 0 aliphatic rings. The van der Waals surface area contributed by atoms with E-state index in [9.17, 15) is 14.3 Å². The molecule has 27 heavy (non-hydrogen) atoms. The summed E-state index contributed by atoms with van der Waals surface area (Å²) in [5.41, 5.74) is 1.41. The number of aromatic nitrogens is 3. The Morgan fingerprint density at radius 2 is 1.96 bits per heavy atom. The van der Waals surface area contributed by atoms with Crippen LogP contribution < -0.4 is 10.6 Å². The second-order valence-electron chi connectivity index (χ2n) is 6.00. The Morgan fingerprint density at radius 3 is 2.67 bits per heavy atom. The van der Waals surface area contributed by atoms with Gasteiger partial charge in [0.25, 0.3) is 0 Å². The fraction of sp³-hybridized carbons (Fsp3) is 0.211. The van der Waals surface area contributed by atoms with Gasteiger partial charge in [-0.05, 0) is 42.3 Å². The number of carbonyl (C=O) groups is 1. The van der Waals surface area contributed by atoms with E-state index < -0.39 is 12.1 Å². The number of urea groups is 1. The molecular formula is C19H20FN5O2. The monoisotopic (exact) mass is 369 g/mol.